The normalized spacial score (nSPS) is 10.6. The Labute approximate surface area is 176 Å². The van der Waals surface area contributed by atoms with E-state index in [-0.39, 0.29) is 29.4 Å². The summed E-state index contributed by atoms with van der Waals surface area (Å²) >= 11 is 0. The highest BCUT2D eigenvalue weighted by Crippen LogP contribution is 2.11. The van der Waals surface area contributed by atoms with Crippen LogP contribution in [0.1, 0.15) is 35.3 Å². The lowest BCUT2D eigenvalue weighted by Gasteiger charge is -2.08. The van der Waals surface area contributed by atoms with Gasteiger partial charge in [0.15, 0.2) is 11.2 Å². The van der Waals surface area contributed by atoms with Gasteiger partial charge in [0.25, 0.3) is 11.5 Å². The van der Waals surface area contributed by atoms with Gasteiger partial charge < -0.3 is 16.4 Å². The van der Waals surface area contributed by atoms with E-state index < -0.39 is 11.5 Å². The number of carbonyl (C=O) groups is 2. The van der Waals surface area contributed by atoms with Crippen molar-refractivity contribution in [3.8, 4) is 0 Å². The zero-order valence-electron chi connectivity index (χ0n) is 16.5. The number of nitrogens with two attached hydrogens (primary N) is 1. The molecule has 0 saturated carbocycles. The minimum absolute atomic E-state index is 0.0177. The maximum absolute atomic E-state index is 12.2. The minimum atomic E-state index is -0.455. The largest absolute Gasteiger partial charge is 0.379 e. The van der Waals surface area contributed by atoms with E-state index >= 15 is 0 Å². The molecule has 7 N–H and O–H groups in total. The van der Waals surface area contributed by atoms with Gasteiger partial charge in [-0.25, -0.2) is 15.4 Å². The zero-order chi connectivity index (χ0) is 22.2. The van der Waals surface area contributed by atoms with E-state index in [0.29, 0.717) is 37.2 Å². The molecule has 0 aliphatic heterocycles. The van der Waals surface area contributed by atoms with Crippen molar-refractivity contribution in [2.45, 2.75) is 25.8 Å². The Morgan fingerprint density at radius 2 is 1.90 bits per heavy atom. The lowest BCUT2D eigenvalue weighted by molar-refractivity contribution is -0.129. The van der Waals surface area contributed by atoms with Gasteiger partial charge in [-0.3, -0.25) is 24.6 Å². The van der Waals surface area contributed by atoms with Gasteiger partial charge in [0.2, 0.25) is 11.9 Å². The molecule has 2 heterocycles. The maximum atomic E-state index is 12.2. The summed E-state index contributed by atoms with van der Waals surface area (Å²) in [6.07, 6.45) is 2.89. The number of unbranched alkanes of at least 4 members (excludes halogenated alkanes) is 1. The molecule has 0 bridgehead atoms. The predicted molar refractivity (Wildman–Crippen MR) is 112 cm³/mol. The number of rotatable bonds is 9. The van der Waals surface area contributed by atoms with Gasteiger partial charge in [-0.05, 0) is 37.1 Å². The van der Waals surface area contributed by atoms with Crippen molar-refractivity contribution >= 4 is 34.6 Å². The molecule has 0 aliphatic rings. The molecule has 0 fully saturated rings. The van der Waals surface area contributed by atoms with E-state index in [1.807, 2.05) is 0 Å². The second kappa shape index (κ2) is 10.1. The van der Waals surface area contributed by atoms with Crippen LogP contribution in [0.5, 0.6) is 0 Å². The number of carbonyl (C=O) groups excluding carboxylic acids is 2. The number of amides is 2. The first-order valence-corrected chi connectivity index (χ1v) is 9.53. The van der Waals surface area contributed by atoms with Gasteiger partial charge in [0.05, 0.1) is 18.4 Å². The quantitative estimate of drug-likeness (QED) is 0.159. The van der Waals surface area contributed by atoms with Gasteiger partial charge in [0.1, 0.15) is 0 Å². The smallest absolute Gasteiger partial charge is 0.280 e. The van der Waals surface area contributed by atoms with Crippen LogP contribution in [-0.4, -0.2) is 43.5 Å². The molecule has 2 aromatic heterocycles. The number of benzene rings is 1. The van der Waals surface area contributed by atoms with Crippen LogP contribution in [0.2, 0.25) is 0 Å². The number of hydrogen-bond acceptors (Lipinski definition) is 9. The summed E-state index contributed by atoms with van der Waals surface area (Å²) in [4.78, 5) is 49.6. The first kappa shape index (κ1) is 21.6. The number of nitrogens with one attached hydrogen (secondary N) is 4. The fourth-order valence-electron chi connectivity index (χ4n) is 2.76. The Balaban J connectivity index is 1.50. The Bertz CT molecular complexity index is 1130. The van der Waals surface area contributed by atoms with Crippen LogP contribution in [0.4, 0.5) is 11.6 Å². The van der Waals surface area contributed by atoms with E-state index in [1.165, 1.54) is 6.20 Å². The van der Waals surface area contributed by atoms with Crippen molar-refractivity contribution in [3.63, 3.8) is 0 Å². The lowest BCUT2D eigenvalue weighted by atomic mass is 10.2. The average molecular weight is 426 g/mol. The number of nitrogen functional groups attached to an aromatic ring is 1. The van der Waals surface area contributed by atoms with Gasteiger partial charge >= 0.3 is 0 Å². The first-order chi connectivity index (χ1) is 15.0. The Kier molecular flexibility index (Phi) is 7.06. The van der Waals surface area contributed by atoms with Crippen molar-refractivity contribution in [2.75, 3.05) is 17.6 Å². The van der Waals surface area contributed by atoms with E-state index in [2.05, 4.69) is 30.6 Å². The second-order valence-corrected chi connectivity index (χ2v) is 6.66. The molecule has 0 radical (unpaired) electrons. The van der Waals surface area contributed by atoms with Crippen LogP contribution < -0.4 is 27.4 Å². The summed E-state index contributed by atoms with van der Waals surface area (Å²) in [5, 5.41) is 14.3. The van der Waals surface area contributed by atoms with Gasteiger partial charge in [-0.15, -0.1) is 0 Å². The number of hydrogen-bond donors (Lipinski definition) is 6. The molecule has 12 nitrogen and oxygen atoms in total. The molecule has 0 saturated heterocycles. The number of fused-ring (bicyclic) bond motifs is 1. The molecule has 2 amide bonds. The Hall–Kier alpha value is -4.06. The molecule has 162 valence electrons. The molecule has 0 atom stereocenters. The molecular formula is C19H22N8O4. The van der Waals surface area contributed by atoms with Crippen molar-refractivity contribution in [1.29, 1.82) is 0 Å². The van der Waals surface area contributed by atoms with Crippen LogP contribution >= 0.6 is 0 Å². The summed E-state index contributed by atoms with van der Waals surface area (Å²) in [6, 6.07) is 6.87. The Morgan fingerprint density at radius 3 is 2.65 bits per heavy atom. The number of H-pyrrole nitrogens is 1. The number of aromatic nitrogens is 4. The zero-order valence-corrected chi connectivity index (χ0v) is 16.5. The molecule has 3 aromatic rings. The molecule has 12 heteroatoms. The average Bonchev–Trinajstić information content (AvgIpc) is 2.77. The van der Waals surface area contributed by atoms with Crippen LogP contribution in [0.3, 0.4) is 0 Å². The van der Waals surface area contributed by atoms with E-state index in [4.69, 9.17) is 10.9 Å². The van der Waals surface area contributed by atoms with Crippen LogP contribution in [0.25, 0.3) is 11.2 Å². The molecule has 1 aromatic carbocycles. The molecular weight excluding hydrogens is 404 g/mol. The van der Waals surface area contributed by atoms with Crippen molar-refractivity contribution < 1.29 is 14.8 Å². The third-order valence-electron chi connectivity index (χ3n) is 4.35. The summed E-state index contributed by atoms with van der Waals surface area (Å²) in [5.41, 5.74) is 8.69. The first-order valence-electron chi connectivity index (χ1n) is 9.53. The van der Waals surface area contributed by atoms with E-state index in [1.54, 1.807) is 29.7 Å². The fraction of sp³-hybridized carbons (Fsp3) is 0.263. The topological polar surface area (TPSA) is 188 Å². The van der Waals surface area contributed by atoms with Gasteiger partial charge in [-0.2, -0.15) is 4.98 Å². The third kappa shape index (κ3) is 5.96. The van der Waals surface area contributed by atoms with Gasteiger partial charge in [0, 0.05) is 24.2 Å². The molecule has 31 heavy (non-hydrogen) atoms. The SMILES string of the molecule is Nc1nc2ncc(CNc3ccc(C(=O)NCCCCC(=O)NO)cc3)nc2c(=O)[nH]1. The van der Waals surface area contributed by atoms with Crippen LogP contribution in [-0.2, 0) is 11.3 Å². The monoisotopic (exact) mass is 426 g/mol. The lowest BCUT2D eigenvalue weighted by Crippen LogP contribution is -2.25. The van der Waals surface area contributed by atoms with Crippen LogP contribution in [0.15, 0.2) is 35.3 Å². The summed E-state index contributed by atoms with van der Waals surface area (Å²) < 4.78 is 0. The number of nitrogens with zero attached hydrogens (tertiary/aromatic N) is 3. The van der Waals surface area contributed by atoms with E-state index in [0.717, 1.165) is 5.69 Å². The molecule has 0 unspecified atom stereocenters. The standard InChI is InChI=1S/C19H22N8O4/c20-19-25-16-15(18(30)26-19)24-13(10-23-16)9-22-12-6-4-11(5-7-12)17(29)21-8-2-1-3-14(28)27-31/h4-7,10,22,31H,1-3,8-9H2,(H,21,29)(H,27,28)(H3,20,23,25,26,30). The number of hydroxylamine groups is 1. The molecule has 3 rings (SSSR count). The summed E-state index contributed by atoms with van der Waals surface area (Å²) in [6.45, 7) is 0.748. The van der Waals surface area contributed by atoms with Crippen molar-refractivity contribution in [1.82, 2.24) is 30.7 Å². The minimum Gasteiger partial charge on any atom is -0.379 e. The number of anilines is 2. The van der Waals surface area contributed by atoms with Crippen molar-refractivity contribution in [2.24, 2.45) is 0 Å². The summed E-state index contributed by atoms with van der Waals surface area (Å²) in [5.74, 6) is -0.683. The second-order valence-electron chi connectivity index (χ2n) is 6.66. The highest BCUT2D eigenvalue weighted by Gasteiger charge is 2.08. The highest BCUT2D eigenvalue weighted by molar-refractivity contribution is 5.94. The van der Waals surface area contributed by atoms with Gasteiger partial charge in [-0.1, -0.05) is 0 Å². The molecule has 0 spiro atoms. The van der Waals surface area contributed by atoms with Crippen molar-refractivity contribution in [3.05, 3.63) is 52.1 Å². The third-order valence-corrected chi connectivity index (χ3v) is 4.35. The Morgan fingerprint density at radius 1 is 1.13 bits per heavy atom. The predicted octanol–water partition coefficient (Wildman–Crippen LogP) is 0.313. The molecule has 0 aliphatic carbocycles. The van der Waals surface area contributed by atoms with Crippen LogP contribution in [0, 0.1) is 0 Å². The van der Waals surface area contributed by atoms with E-state index in [9.17, 15) is 14.4 Å². The fourth-order valence-corrected chi connectivity index (χ4v) is 2.76. The summed E-state index contributed by atoms with van der Waals surface area (Å²) in [7, 11) is 0. The number of aromatic amines is 1. The highest BCUT2D eigenvalue weighted by atomic mass is 16.5. The maximum Gasteiger partial charge on any atom is 0.280 e.